The first-order valence-corrected chi connectivity index (χ1v) is 4.08. The maximum absolute atomic E-state index is 11.1. The van der Waals surface area contributed by atoms with E-state index in [2.05, 4.69) is 4.90 Å². The van der Waals surface area contributed by atoms with Crippen LogP contribution in [0.4, 0.5) is 0 Å². The summed E-state index contributed by atoms with van der Waals surface area (Å²) in [6, 6.07) is 0.0359. The summed E-state index contributed by atoms with van der Waals surface area (Å²) < 4.78 is 5.56. The molecule has 2 fully saturated rings. The molecule has 0 spiro atoms. The van der Waals surface area contributed by atoms with Crippen molar-refractivity contribution < 1.29 is 9.53 Å². The van der Waals surface area contributed by atoms with Gasteiger partial charge in [0.25, 0.3) is 0 Å². The van der Waals surface area contributed by atoms with Crippen LogP contribution in [0.1, 0.15) is 19.8 Å². The zero-order valence-corrected chi connectivity index (χ0v) is 6.91. The summed E-state index contributed by atoms with van der Waals surface area (Å²) in [6.45, 7) is 1.64. The van der Waals surface area contributed by atoms with Crippen molar-refractivity contribution in [2.75, 3.05) is 7.05 Å². The van der Waals surface area contributed by atoms with E-state index in [0.717, 1.165) is 12.8 Å². The van der Waals surface area contributed by atoms with Crippen LogP contribution in [0.25, 0.3) is 0 Å². The third-order valence-electron chi connectivity index (χ3n) is 2.69. The lowest BCUT2D eigenvalue weighted by Crippen LogP contribution is -2.43. The molecular formula is C8H13NO2. The lowest BCUT2D eigenvalue weighted by Gasteiger charge is -2.25. The van der Waals surface area contributed by atoms with Gasteiger partial charge in [0.15, 0.2) is 0 Å². The number of carbonyl (C=O) groups is 1. The molecule has 2 saturated heterocycles. The highest BCUT2D eigenvalue weighted by molar-refractivity contribution is 5.82. The smallest absolute Gasteiger partial charge is 0.149 e. The molecule has 3 nitrogen and oxygen atoms in total. The van der Waals surface area contributed by atoms with Gasteiger partial charge in [0, 0.05) is 0 Å². The highest BCUT2D eigenvalue weighted by atomic mass is 16.5. The lowest BCUT2D eigenvalue weighted by atomic mass is 10.00. The molecule has 0 aromatic carbocycles. The number of fused-ring (bicyclic) bond motifs is 2. The largest absolute Gasteiger partial charge is 0.358 e. The lowest BCUT2D eigenvalue weighted by molar-refractivity contribution is -0.122. The number of likely N-dealkylation sites (tertiary alicyclic amines) is 1. The van der Waals surface area contributed by atoms with Gasteiger partial charge in [0.1, 0.15) is 12.0 Å². The van der Waals surface area contributed by atoms with Gasteiger partial charge >= 0.3 is 0 Å². The molecule has 2 rings (SSSR count). The first kappa shape index (κ1) is 7.25. The monoisotopic (exact) mass is 155 g/mol. The van der Waals surface area contributed by atoms with Gasteiger partial charge < -0.3 is 4.74 Å². The Bertz CT molecular complexity index is 191. The Morgan fingerprint density at radius 2 is 2.27 bits per heavy atom. The van der Waals surface area contributed by atoms with E-state index in [1.807, 2.05) is 7.05 Å². The number of ketones is 1. The van der Waals surface area contributed by atoms with E-state index in [-0.39, 0.29) is 24.2 Å². The van der Waals surface area contributed by atoms with E-state index in [0.29, 0.717) is 0 Å². The third-order valence-corrected chi connectivity index (χ3v) is 2.69. The van der Waals surface area contributed by atoms with Crippen LogP contribution < -0.4 is 0 Å². The van der Waals surface area contributed by atoms with Crippen LogP contribution in [0.15, 0.2) is 0 Å². The number of hydrogen-bond acceptors (Lipinski definition) is 3. The number of piperidine rings is 1. The second kappa shape index (κ2) is 2.29. The summed E-state index contributed by atoms with van der Waals surface area (Å²) in [5, 5.41) is 0. The maximum atomic E-state index is 11.1. The summed E-state index contributed by atoms with van der Waals surface area (Å²) in [5.41, 5.74) is 0. The Balaban J connectivity index is 2.17. The van der Waals surface area contributed by atoms with Crippen LogP contribution in [0, 0.1) is 0 Å². The Hall–Kier alpha value is -0.410. The zero-order chi connectivity index (χ0) is 8.01. The Morgan fingerprint density at radius 3 is 2.64 bits per heavy atom. The third kappa shape index (κ3) is 0.914. The molecule has 2 bridgehead atoms. The topological polar surface area (TPSA) is 29.5 Å². The molecule has 3 atom stereocenters. The second-order valence-corrected chi connectivity index (χ2v) is 3.43. The predicted octanol–water partition coefficient (Wildman–Crippen LogP) is 0.394. The molecular weight excluding hydrogens is 142 g/mol. The summed E-state index contributed by atoms with van der Waals surface area (Å²) >= 11 is 0. The van der Waals surface area contributed by atoms with Crippen molar-refractivity contribution in [3.8, 4) is 0 Å². The minimum absolute atomic E-state index is 0.0359. The van der Waals surface area contributed by atoms with E-state index >= 15 is 0 Å². The van der Waals surface area contributed by atoms with E-state index in [9.17, 15) is 4.79 Å². The van der Waals surface area contributed by atoms with Gasteiger partial charge in [0.05, 0.1) is 12.1 Å². The van der Waals surface area contributed by atoms with Crippen LogP contribution in [0.2, 0.25) is 0 Å². The van der Waals surface area contributed by atoms with Gasteiger partial charge in [-0.1, -0.05) is 0 Å². The fraction of sp³-hybridized carbons (Fsp3) is 0.875. The van der Waals surface area contributed by atoms with Gasteiger partial charge in [-0.2, -0.15) is 0 Å². The van der Waals surface area contributed by atoms with Crippen molar-refractivity contribution in [3.05, 3.63) is 0 Å². The van der Waals surface area contributed by atoms with Crippen LogP contribution in [0.5, 0.6) is 0 Å². The predicted molar refractivity (Wildman–Crippen MR) is 40.1 cm³/mol. The quantitative estimate of drug-likeness (QED) is 0.548. The molecule has 0 aliphatic carbocycles. The van der Waals surface area contributed by atoms with Crippen LogP contribution in [-0.2, 0) is 9.53 Å². The average Bonchev–Trinajstić information content (AvgIpc) is 2.44. The maximum Gasteiger partial charge on any atom is 0.149 e. The van der Waals surface area contributed by atoms with Crippen molar-refractivity contribution in [3.63, 3.8) is 0 Å². The molecule has 2 aliphatic rings. The normalized spacial score (nSPS) is 43.3. The first-order valence-electron chi connectivity index (χ1n) is 4.08. The summed E-state index contributed by atoms with van der Waals surface area (Å²) in [6.07, 6.45) is 2.54. The SMILES string of the molecule is CC(=O)C1C2CCC(O2)N1C. The van der Waals surface area contributed by atoms with Crippen molar-refractivity contribution in [1.29, 1.82) is 0 Å². The molecule has 3 unspecified atom stereocenters. The minimum atomic E-state index is 0.0359. The van der Waals surface area contributed by atoms with Crippen LogP contribution in [0.3, 0.4) is 0 Å². The minimum Gasteiger partial charge on any atom is -0.358 e. The summed E-state index contributed by atoms with van der Waals surface area (Å²) in [7, 11) is 1.97. The summed E-state index contributed by atoms with van der Waals surface area (Å²) in [4.78, 5) is 13.2. The van der Waals surface area contributed by atoms with Gasteiger partial charge in [-0.25, -0.2) is 0 Å². The Morgan fingerprint density at radius 1 is 1.55 bits per heavy atom. The fourth-order valence-electron chi connectivity index (χ4n) is 2.17. The van der Waals surface area contributed by atoms with E-state index in [1.165, 1.54) is 0 Å². The van der Waals surface area contributed by atoms with Crippen molar-refractivity contribution in [2.45, 2.75) is 38.1 Å². The van der Waals surface area contributed by atoms with Crippen molar-refractivity contribution in [2.24, 2.45) is 0 Å². The van der Waals surface area contributed by atoms with Crippen molar-refractivity contribution in [1.82, 2.24) is 4.90 Å². The number of hydrogen-bond donors (Lipinski definition) is 0. The molecule has 11 heavy (non-hydrogen) atoms. The van der Waals surface area contributed by atoms with Gasteiger partial charge in [-0.15, -0.1) is 0 Å². The Labute approximate surface area is 66.3 Å². The van der Waals surface area contributed by atoms with Gasteiger partial charge in [0.2, 0.25) is 0 Å². The molecule has 0 amide bonds. The number of nitrogens with zero attached hydrogens (tertiary/aromatic N) is 1. The molecule has 0 N–H and O–H groups in total. The molecule has 2 aliphatic heterocycles. The second-order valence-electron chi connectivity index (χ2n) is 3.43. The average molecular weight is 155 g/mol. The molecule has 3 heteroatoms. The number of ether oxygens (including phenoxy) is 1. The fourth-order valence-corrected chi connectivity index (χ4v) is 2.17. The van der Waals surface area contributed by atoms with Crippen molar-refractivity contribution >= 4 is 5.78 Å². The van der Waals surface area contributed by atoms with E-state index in [1.54, 1.807) is 6.92 Å². The number of rotatable bonds is 1. The van der Waals surface area contributed by atoms with Crippen LogP contribution >= 0.6 is 0 Å². The highest BCUT2D eigenvalue weighted by Gasteiger charge is 2.47. The standard InChI is InChI=1S/C8H13NO2/c1-5(10)8-6-3-4-7(11-6)9(8)2/h6-8H,3-4H2,1-2H3. The number of carbonyl (C=O) groups excluding carboxylic acids is 1. The van der Waals surface area contributed by atoms with E-state index in [4.69, 9.17) is 4.74 Å². The van der Waals surface area contributed by atoms with Gasteiger partial charge in [-0.3, -0.25) is 9.69 Å². The first-order chi connectivity index (χ1) is 5.20. The van der Waals surface area contributed by atoms with Gasteiger partial charge in [-0.05, 0) is 26.8 Å². The zero-order valence-electron chi connectivity index (χ0n) is 6.91. The number of likely N-dealkylation sites (N-methyl/N-ethyl adjacent to an activating group) is 1. The molecule has 0 aromatic rings. The molecule has 0 aromatic heterocycles. The molecule has 2 heterocycles. The molecule has 0 saturated carbocycles. The highest BCUT2D eigenvalue weighted by Crippen LogP contribution is 2.34. The number of Topliss-reactive ketones (excluding diaryl/α,β-unsaturated/α-hetero) is 1. The Kier molecular flexibility index (Phi) is 1.51. The summed E-state index contributed by atoms with van der Waals surface area (Å²) in [5.74, 6) is 0.236. The molecule has 0 radical (unpaired) electrons. The molecule has 62 valence electrons. The van der Waals surface area contributed by atoms with E-state index < -0.39 is 0 Å². The van der Waals surface area contributed by atoms with Crippen LogP contribution in [-0.4, -0.2) is 36.1 Å².